The van der Waals surface area contributed by atoms with E-state index < -0.39 is 5.92 Å². The quantitative estimate of drug-likeness (QED) is 0.355. The predicted octanol–water partition coefficient (Wildman–Crippen LogP) is 5.30. The zero-order valence-corrected chi connectivity index (χ0v) is 20.0. The molecule has 1 amide bonds. The van der Waals surface area contributed by atoms with Gasteiger partial charge in [0, 0.05) is 11.8 Å². The fourth-order valence-corrected chi connectivity index (χ4v) is 5.23. The first-order valence-electron chi connectivity index (χ1n) is 10.4. The molecule has 0 fully saturated rings. The van der Waals surface area contributed by atoms with Crippen molar-refractivity contribution < 1.29 is 9.59 Å². The van der Waals surface area contributed by atoms with Crippen LogP contribution in [0.15, 0.2) is 47.3 Å². The van der Waals surface area contributed by atoms with Gasteiger partial charge in [0.05, 0.1) is 44.9 Å². The van der Waals surface area contributed by atoms with Crippen molar-refractivity contribution in [1.82, 2.24) is 9.97 Å². The van der Waals surface area contributed by atoms with Gasteiger partial charge in [-0.3, -0.25) is 9.59 Å². The number of fused-ring (bicyclic) bond motifs is 1. The number of nitriles is 2. The van der Waals surface area contributed by atoms with Crippen LogP contribution in [-0.2, 0) is 11.2 Å². The van der Waals surface area contributed by atoms with Crippen LogP contribution < -0.4 is 5.32 Å². The number of amides is 1. The van der Waals surface area contributed by atoms with Gasteiger partial charge in [-0.05, 0) is 47.4 Å². The van der Waals surface area contributed by atoms with E-state index in [0.29, 0.717) is 27.5 Å². The van der Waals surface area contributed by atoms with Gasteiger partial charge in [-0.15, -0.1) is 11.3 Å². The molecule has 7 nitrogen and oxygen atoms in total. The Bertz CT molecular complexity index is 1430. The molecule has 0 saturated heterocycles. The molecule has 0 aliphatic heterocycles. The molecule has 2 aromatic carbocycles. The second kappa shape index (κ2) is 9.92. The van der Waals surface area contributed by atoms with Crippen molar-refractivity contribution in [2.45, 2.75) is 26.2 Å². The number of rotatable bonds is 7. The summed E-state index contributed by atoms with van der Waals surface area (Å²) in [6.07, 6.45) is 0.241. The van der Waals surface area contributed by atoms with Gasteiger partial charge in [-0.2, -0.15) is 10.5 Å². The van der Waals surface area contributed by atoms with Crippen LogP contribution in [0.2, 0.25) is 0 Å². The van der Waals surface area contributed by atoms with Gasteiger partial charge in [0.15, 0.2) is 10.9 Å². The molecule has 2 aromatic heterocycles. The standard InChI is InChI=1S/C25H19N5O2S2/c1-14(2)23(18-6-16(10-26)5-17(7-18)11-27)24(32)30-25-29-19-4-3-15(9-22(19)34-25)8-21(31)20-12-33-13-28-20/h3-7,9,12-14,23H,8H2,1-2H3,(H,29,30,32). The summed E-state index contributed by atoms with van der Waals surface area (Å²) in [5, 5.41) is 23.7. The molecule has 0 aliphatic rings. The molecular weight excluding hydrogens is 466 g/mol. The number of Topliss-reactive ketones (excluding diaryl/α,β-unsaturated/α-hetero) is 1. The van der Waals surface area contributed by atoms with E-state index in [1.807, 2.05) is 44.2 Å². The van der Waals surface area contributed by atoms with Crippen molar-refractivity contribution in [2.24, 2.45) is 5.92 Å². The maximum absolute atomic E-state index is 13.2. The molecule has 4 aromatic rings. The third kappa shape index (κ3) is 5.01. The van der Waals surface area contributed by atoms with E-state index in [1.165, 1.54) is 28.7 Å². The first-order chi connectivity index (χ1) is 16.4. The Morgan fingerprint density at radius 2 is 1.82 bits per heavy atom. The van der Waals surface area contributed by atoms with Gasteiger partial charge < -0.3 is 5.32 Å². The van der Waals surface area contributed by atoms with Crippen molar-refractivity contribution in [1.29, 1.82) is 10.5 Å². The summed E-state index contributed by atoms with van der Waals surface area (Å²) in [5.74, 6) is -0.932. The summed E-state index contributed by atoms with van der Waals surface area (Å²) in [6.45, 7) is 3.83. The Kier molecular flexibility index (Phi) is 6.78. The Balaban J connectivity index is 1.56. The molecule has 4 rings (SSSR count). The van der Waals surface area contributed by atoms with Crippen molar-refractivity contribution in [2.75, 3.05) is 5.32 Å². The maximum atomic E-state index is 13.2. The number of hydrogen-bond donors (Lipinski definition) is 1. The van der Waals surface area contributed by atoms with Crippen LogP contribution >= 0.6 is 22.7 Å². The molecule has 0 radical (unpaired) electrons. The summed E-state index contributed by atoms with van der Waals surface area (Å²) in [4.78, 5) is 34.2. The lowest BCUT2D eigenvalue weighted by Gasteiger charge is -2.20. The number of anilines is 1. The third-order valence-corrected chi connectivity index (χ3v) is 6.81. The van der Waals surface area contributed by atoms with Crippen molar-refractivity contribution in [3.05, 3.63) is 75.2 Å². The number of aromatic nitrogens is 2. The van der Waals surface area contributed by atoms with E-state index in [4.69, 9.17) is 0 Å². The topological polar surface area (TPSA) is 120 Å². The Morgan fingerprint density at radius 1 is 1.09 bits per heavy atom. The number of carbonyl (C=O) groups is 2. The van der Waals surface area contributed by atoms with Gasteiger partial charge in [0.2, 0.25) is 5.91 Å². The fraction of sp³-hybridized carbons (Fsp3) is 0.200. The summed E-state index contributed by atoms with van der Waals surface area (Å²) >= 11 is 2.72. The van der Waals surface area contributed by atoms with E-state index in [1.54, 1.807) is 23.0 Å². The molecule has 1 N–H and O–H groups in total. The lowest BCUT2D eigenvalue weighted by atomic mass is 9.86. The van der Waals surface area contributed by atoms with Crippen LogP contribution in [0.5, 0.6) is 0 Å². The number of hydrogen-bond acceptors (Lipinski definition) is 8. The lowest BCUT2D eigenvalue weighted by molar-refractivity contribution is -0.118. The number of nitrogens with one attached hydrogen (secondary N) is 1. The minimum Gasteiger partial charge on any atom is -0.301 e. The highest BCUT2D eigenvalue weighted by Gasteiger charge is 2.26. The summed E-state index contributed by atoms with van der Waals surface area (Å²) in [7, 11) is 0. The van der Waals surface area contributed by atoms with Gasteiger partial charge in [-0.1, -0.05) is 31.3 Å². The van der Waals surface area contributed by atoms with Crippen molar-refractivity contribution in [3.63, 3.8) is 0 Å². The first kappa shape index (κ1) is 23.2. The molecule has 9 heteroatoms. The van der Waals surface area contributed by atoms with E-state index >= 15 is 0 Å². The van der Waals surface area contributed by atoms with Crippen LogP contribution in [0.3, 0.4) is 0 Å². The van der Waals surface area contributed by atoms with E-state index in [0.717, 1.165) is 15.8 Å². The van der Waals surface area contributed by atoms with Crippen LogP contribution in [0.4, 0.5) is 5.13 Å². The SMILES string of the molecule is CC(C)C(C(=O)Nc1nc2ccc(CC(=O)c3cscn3)cc2s1)c1cc(C#N)cc(C#N)c1. The smallest absolute Gasteiger partial charge is 0.233 e. The van der Waals surface area contributed by atoms with E-state index in [-0.39, 0.29) is 24.0 Å². The lowest BCUT2D eigenvalue weighted by Crippen LogP contribution is -2.25. The Labute approximate surface area is 204 Å². The summed E-state index contributed by atoms with van der Waals surface area (Å²) < 4.78 is 0.859. The highest BCUT2D eigenvalue weighted by Crippen LogP contribution is 2.31. The number of benzene rings is 2. The van der Waals surface area contributed by atoms with E-state index in [2.05, 4.69) is 15.3 Å². The minimum absolute atomic E-state index is 0.0465. The highest BCUT2D eigenvalue weighted by atomic mass is 32.1. The van der Waals surface area contributed by atoms with Crippen LogP contribution in [0.1, 0.15) is 52.5 Å². The van der Waals surface area contributed by atoms with Crippen LogP contribution in [0, 0.1) is 28.6 Å². The summed E-state index contributed by atoms with van der Waals surface area (Å²) in [5.41, 5.74) is 4.97. The van der Waals surface area contributed by atoms with Crippen molar-refractivity contribution in [3.8, 4) is 12.1 Å². The van der Waals surface area contributed by atoms with Crippen LogP contribution in [0.25, 0.3) is 10.2 Å². The maximum Gasteiger partial charge on any atom is 0.233 e. The molecule has 34 heavy (non-hydrogen) atoms. The third-order valence-electron chi connectivity index (χ3n) is 5.29. The Hall–Kier alpha value is -3.92. The van der Waals surface area contributed by atoms with Gasteiger partial charge in [0.25, 0.3) is 0 Å². The molecule has 0 spiro atoms. The fourth-order valence-electron chi connectivity index (χ4n) is 3.74. The highest BCUT2D eigenvalue weighted by molar-refractivity contribution is 7.22. The number of nitrogens with zero attached hydrogens (tertiary/aromatic N) is 4. The average molecular weight is 486 g/mol. The largest absolute Gasteiger partial charge is 0.301 e. The summed E-state index contributed by atoms with van der Waals surface area (Å²) in [6, 6.07) is 14.5. The van der Waals surface area contributed by atoms with Crippen molar-refractivity contribution >= 4 is 49.7 Å². The van der Waals surface area contributed by atoms with Gasteiger partial charge in [0.1, 0.15) is 5.69 Å². The second-order valence-corrected chi connectivity index (χ2v) is 9.82. The zero-order valence-electron chi connectivity index (χ0n) is 18.4. The first-order valence-corrected chi connectivity index (χ1v) is 12.2. The minimum atomic E-state index is -0.557. The molecule has 0 bridgehead atoms. The molecule has 2 heterocycles. The average Bonchev–Trinajstić information content (AvgIpc) is 3.48. The number of ketones is 1. The van der Waals surface area contributed by atoms with Crippen LogP contribution in [-0.4, -0.2) is 21.7 Å². The molecular formula is C25H19N5O2S2. The predicted molar refractivity (Wildman–Crippen MR) is 132 cm³/mol. The molecule has 1 atom stereocenters. The second-order valence-electron chi connectivity index (χ2n) is 8.07. The van der Waals surface area contributed by atoms with Gasteiger partial charge in [-0.25, -0.2) is 9.97 Å². The number of thiazole rings is 2. The zero-order chi connectivity index (χ0) is 24.2. The Morgan fingerprint density at radius 3 is 2.44 bits per heavy atom. The number of carbonyl (C=O) groups excluding carboxylic acids is 2. The monoisotopic (exact) mass is 485 g/mol. The molecule has 168 valence electrons. The molecule has 0 saturated carbocycles. The molecule has 1 unspecified atom stereocenters. The van der Waals surface area contributed by atoms with Gasteiger partial charge >= 0.3 is 0 Å². The van der Waals surface area contributed by atoms with E-state index in [9.17, 15) is 20.1 Å². The molecule has 0 aliphatic carbocycles. The normalized spacial score (nSPS) is 11.7.